The molecule has 0 unspecified atom stereocenters. The molecule has 0 radical (unpaired) electrons. The SMILES string of the molecule is N[C@H]1CCSSCC[C@@H](C(=O)NCc2ccccc2CC(=O)O)NC(=O)C[C@H](Cc2ccc(O)cc2)NC1=O.O=C(O)C(F)(F)F. The molecule has 12 nitrogen and oxygen atoms in total. The van der Waals surface area contributed by atoms with Gasteiger partial charge in [-0.2, -0.15) is 13.2 Å². The molecule has 3 atom stereocenters. The van der Waals surface area contributed by atoms with Crippen molar-refractivity contribution >= 4 is 51.2 Å². The third-order valence-corrected chi connectivity index (χ3v) is 8.90. The first-order chi connectivity index (χ1) is 21.6. The zero-order chi connectivity index (χ0) is 34.3. The van der Waals surface area contributed by atoms with Gasteiger partial charge in [-0.3, -0.25) is 19.2 Å². The van der Waals surface area contributed by atoms with E-state index in [9.17, 15) is 37.5 Å². The molecule has 3 rings (SSSR count). The normalized spacial score (nSPS) is 19.7. The highest BCUT2D eigenvalue weighted by Gasteiger charge is 2.38. The summed E-state index contributed by atoms with van der Waals surface area (Å²) in [6, 6.07) is 11.4. The van der Waals surface area contributed by atoms with Crippen LogP contribution >= 0.6 is 21.6 Å². The zero-order valence-corrected chi connectivity index (χ0v) is 26.1. The summed E-state index contributed by atoms with van der Waals surface area (Å²) in [4.78, 5) is 59.0. The Labute approximate surface area is 270 Å². The highest BCUT2D eigenvalue weighted by Crippen LogP contribution is 2.24. The first-order valence-electron chi connectivity index (χ1n) is 13.9. The monoisotopic (exact) mass is 688 g/mol. The average molecular weight is 689 g/mol. The number of hydrogen-bond acceptors (Lipinski definition) is 9. The van der Waals surface area contributed by atoms with Crippen molar-refractivity contribution < 1.29 is 52.5 Å². The zero-order valence-electron chi connectivity index (χ0n) is 24.4. The van der Waals surface area contributed by atoms with Gasteiger partial charge in [0.05, 0.1) is 12.5 Å². The third kappa shape index (κ3) is 14.4. The van der Waals surface area contributed by atoms with Crippen molar-refractivity contribution in [1.29, 1.82) is 0 Å². The summed E-state index contributed by atoms with van der Waals surface area (Å²) in [7, 11) is 3.10. The topological polar surface area (TPSA) is 208 Å². The predicted octanol–water partition coefficient (Wildman–Crippen LogP) is 2.37. The van der Waals surface area contributed by atoms with Crippen LogP contribution in [-0.4, -0.2) is 80.8 Å². The molecule has 1 saturated heterocycles. The van der Waals surface area contributed by atoms with Crippen LogP contribution in [0.15, 0.2) is 48.5 Å². The van der Waals surface area contributed by atoms with Crippen molar-refractivity contribution in [2.45, 2.75) is 63.0 Å². The van der Waals surface area contributed by atoms with Crippen LogP contribution < -0.4 is 21.7 Å². The maximum atomic E-state index is 13.1. The van der Waals surface area contributed by atoms with Crippen molar-refractivity contribution in [3.63, 3.8) is 0 Å². The van der Waals surface area contributed by atoms with Crippen LogP contribution in [0.4, 0.5) is 13.2 Å². The molecule has 8 N–H and O–H groups in total. The van der Waals surface area contributed by atoms with Gasteiger partial charge < -0.3 is 37.0 Å². The Balaban J connectivity index is 0.000000942. The van der Waals surface area contributed by atoms with Gasteiger partial charge in [-0.05, 0) is 48.1 Å². The van der Waals surface area contributed by atoms with Gasteiger partial charge >= 0.3 is 18.1 Å². The van der Waals surface area contributed by atoms with Crippen LogP contribution in [0.2, 0.25) is 0 Å². The van der Waals surface area contributed by atoms with Crippen molar-refractivity contribution in [3.05, 3.63) is 65.2 Å². The number of carbonyl (C=O) groups excluding carboxylic acids is 3. The van der Waals surface area contributed by atoms with Gasteiger partial charge in [0.1, 0.15) is 11.8 Å². The molecule has 2 aromatic carbocycles. The van der Waals surface area contributed by atoms with Crippen LogP contribution in [0.25, 0.3) is 0 Å². The lowest BCUT2D eigenvalue weighted by atomic mass is 10.0. The third-order valence-electron chi connectivity index (χ3n) is 6.43. The summed E-state index contributed by atoms with van der Waals surface area (Å²) in [6.07, 6.45) is -4.09. The maximum absolute atomic E-state index is 13.1. The van der Waals surface area contributed by atoms with E-state index in [2.05, 4.69) is 16.0 Å². The Bertz CT molecular complexity index is 1350. The van der Waals surface area contributed by atoms with E-state index in [1.807, 2.05) is 0 Å². The number of alkyl halides is 3. The lowest BCUT2D eigenvalue weighted by molar-refractivity contribution is -0.192. The van der Waals surface area contributed by atoms with Gasteiger partial charge in [-0.1, -0.05) is 58.0 Å². The number of carboxylic acid groups (broad SMARTS) is 2. The van der Waals surface area contributed by atoms with Crippen LogP contribution in [0, 0.1) is 0 Å². The predicted molar refractivity (Wildman–Crippen MR) is 166 cm³/mol. The van der Waals surface area contributed by atoms with Crippen LogP contribution in [0.5, 0.6) is 5.75 Å². The summed E-state index contributed by atoms with van der Waals surface area (Å²) >= 11 is 0. The number of aliphatic carboxylic acids is 2. The van der Waals surface area contributed by atoms with E-state index >= 15 is 0 Å². The largest absolute Gasteiger partial charge is 0.508 e. The van der Waals surface area contributed by atoms with Crippen molar-refractivity contribution in [1.82, 2.24) is 16.0 Å². The molecule has 0 saturated carbocycles. The summed E-state index contributed by atoms with van der Waals surface area (Å²) in [5.41, 5.74) is 8.19. The Morgan fingerprint density at radius 1 is 0.935 bits per heavy atom. The van der Waals surface area contributed by atoms with Gasteiger partial charge in [0, 0.05) is 30.5 Å². The summed E-state index contributed by atoms with van der Waals surface area (Å²) in [5, 5.41) is 34.4. The number of nitrogens with two attached hydrogens (primary N) is 1. The maximum Gasteiger partial charge on any atom is 0.490 e. The molecule has 46 heavy (non-hydrogen) atoms. The molecule has 1 aliphatic rings. The summed E-state index contributed by atoms with van der Waals surface area (Å²) in [5.74, 6) is -3.46. The second kappa shape index (κ2) is 18.9. The fraction of sp³-hybridized carbons (Fsp3) is 0.414. The number of hydrogen-bond donors (Lipinski definition) is 7. The first kappa shape index (κ1) is 38.2. The molecule has 1 heterocycles. The lowest BCUT2D eigenvalue weighted by Crippen LogP contribution is -2.51. The smallest absolute Gasteiger partial charge is 0.490 e. The molecule has 1 fully saturated rings. The van der Waals surface area contributed by atoms with Crippen LogP contribution in [0.3, 0.4) is 0 Å². The van der Waals surface area contributed by atoms with Gasteiger partial charge in [0.2, 0.25) is 17.7 Å². The quantitative estimate of drug-likeness (QED) is 0.210. The Hall–Kier alpha value is -3.96. The first-order valence-corrected chi connectivity index (χ1v) is 16.4. The Morgan fingerprint density at radius 2 is 1.52 bits per heavy atom. The molecule has 0 bridgehead atoms. The fourth-order valence-corrected chi connectivity index (χ4v) is 6.31. The van der Waals surface area contributed by atoms with Crippen LogP contribution in [0.1, 0.15) is 36.0 Å². The van der Waals surface area contributed by atoms with Gasteiger partial charge in [-0.25, -0.2) is 4.79 Å². The van der Waals surface area contributed by atoms with Crippen LogP contribution in [-0.2, 0) is 43.4 Å². The van der Waals surface area contributed by atoms with E-state index in [0.717, 1.165) is 5.56 Å². The molecule has 0 spiro atoms. The number of phenols is 1. The van der Waals surface area contributed by atoms with E-state index in [-0.39, 0.29) is 37.0 Å². The number of amides is 3. The van der Waals surface area contributed by atoms with E-state index in [4.69, 9.17) is 20.7 Å². The van der Waals surface area contributed by atoms with Gasteiger partial charge in [0.15, 0.2) is 0 Å². The van der Waals surface area contributed by atoms with E-state index in [1.54, 1.807) is 58.0 Å². The number of halogens is 3. The minimum atomic E-state index is -5.08. The summed E-state index contributed by atoms with van der Waals surface area (Å²) in [6.45, 7) is 0.133. The molecule has 252 valence electrons. The molecule has 2 aromatic rings. The highest BCUT2D eigenvalue weighted by molar-refractivity contribution is 8.76. The molecular weight excluding hydrogens is 653 g/mol. The standard InChI is InChI=1S/C27H34N4O6S2.C2HF3O2/c28-22-9-11-38-39-12-10-23(27(37)29-16-19-4-2-1-3-18(19)14-25(34)35)31-24(33)15-20(30-26(22)36)13-17-5-7-21(32)8-6-17;3-2(4,5)1(6)7/h1-8,20,22-23,32H,9-16,28H2,(H,29,37)(H,30,36)(H,31,33)(H,34,35);(H,6,7)/t20-,22-,23-;/m0./s1. The van der Waals surface area contributed by atoms with Crippen molar-refractivity contribution in [2.24, 2.45) is 5.73 Å². The molecular formula is C29H35F3N4O8S2. The van der Waals surface area contributed by atoms with E-state index in [0.29, 0.717) is 41.9 Å². The minimum Gasteiger partial charge on any atom is -0.508 e. The van der Waals surface area contributed by atoms with Gasteiger partial charge in [0.25, 0.3) is 0 Å². The second-order valence-electron chi connectivity index (χ2n) is 10.1. The fourth-order valence-electron chi connectivity index (χ4n) is 4.11. The molecule has 17 heteroatoms. The molecule has 3 amide bonds. The van der Waals surface area contributed by atoms with Crippen molar-refractivity contribution in [2.75, 3.05) is 11.5 Å². The van der Waals surface area contributed by atoms with E-state index < -0.39 is 42.1 Å². The lowest BCUT2D eigenvalue weighted by Gasteiger charge is -2.24. The number of carboxylic acids is 2. The second-order valence-corrected chi connectivity index (χ2v) is 12.8. The summed E-state index contributed by atoms with van der Waals surface area (Å²) < 4.78 is 31.7. The highest BCUT2D eigenvalue weighted by atomic mass is 33.1. The Kier molecular flexibility index (Phi) is 15.7. The number of carbonyl (C=O) groups is 5. The average Bonchev–Trinajstić information content (AvgIpc) is 2.97. The van der Waals surface area contributed by atoms with E-state index in [1.165, 1.54) is 12.1 Å². The van der Waals surface area contributed by atoms with Crippen molar-refractivity contribution in [3.8, 4) is 5.75 Å². The Morgan fingerprint density at radius 3 is 2.11 bits per heavy atom. The number of rotatable bonds is 7. The van der Waals surface area contributed by atoms with Gasteiger partial charge in [-0.15, -0.1) is 0 Å². The number of aromatic hydroxyl groups is 1. The molecule has 1 aliphatic heterocycles. The number of nitrogens with one attached hydrogen (secondary N) is 3. The minimum absolute atomic E-state index is 0.0630. The number of benzene rings is 2. The number of phenolic OH excluding ortho intramolecular Hbond substituents is 1. The molecule has 0 aliphatic carbocycles. The molecule has 0 aromatic heterocycles.